The minimum absolute atomic E-state index is 0.155. The normalized spacial score (nSPS) is 18.5. The molecule has 5 heteroatoms. The van der Waals surface area contributed by atoms with Crippen molar-refractivity contribution in [2.75, 3.05) is 6.61 Å². The van der Waals surface area contributed by atoms with Gasteiger partial charge in [0.15, 0.2) is 6.11 Å². The maximum Gasteiger partial charge on any atom is 0.329 e. The lowest BCUT2D eigenvalue weighted by Gasteiger charge is -2.51. The van der Waals surface area contributed by atoms with Gasteiger partial charge in [-0.1, -0.05) is 0 Å². The lowest BCUT2D eigenvalue weighted by molar-refractivity contribution is -0.257. The third-order valence-corrected chi connectivity index (χ3v) is 3.51. The van der Waals surface area contributed by atoms with Crippen LogP contribution < -0.4 is 0 Å². The average molecular weight is 327 g/mol. The van der Waals surface area contributed by atoms with Gasteiger partial charge in [0.05, 0.1) is 17.2 Å². The molecule has 0 aliphatic carbocycles. The second-order valence-electron chi connectivity index (χ2n) is 6.62. The van der Waals surface area contributed by atoms with Crippen LogP contribution in [-0.2, 0) is 14.4 Å². The summed E-state index contributed by atoms with van der Waals surface area (Å²) in [6.07, 6.45) is 8.64. The van der Waals surface area contributed by atoms with E-state index in [4.69, 9.17) is 21.1 Å². The van der Waals surface area contributed by atoms with Gasteiger partial charge in [-0.2, -0.15) is 0 Å². The molecule has 0 unspecified atom stereocenters. The number of carboxylic acid groups (broad SMARTS) is 1. The first-order chi connectivity index (χ1) is 11.2. The Morgan fingerprint density at radius 1 is 1.12 bits per heavy atom. The van der Waals surface area contributed by atoms with Crippen LogP contribution >= 0.6 is 0 Å². The van der Waals surface area contributed by atoms with Crippen LogP contribution in [0.1, 0.15) is 40.5 Å². The summed E-state index contributed by atoms with van der Waals surface area (Å²) in [4.78, 5) is 16.3. The highest BCUT2D eigenvalue weighted by Crippen LogP contribution is 2.39. The summed E-state index contributed by atoms with van der Waals surface area (Å²) in [6.45, 7) is 7.69. The maximum absolute atomic E-state index is 10.7. The molecule has 126 valence electrons. The lowest BCUT2D eigenvalue weighted by Crippen LogP contribution is -2.61. The second kappa shape index (κ2) is 8.33. The van der Waals surface area contributed by atoms with Gasteiger partial charge < -0.3 is 14.7 Å². The summed E-state index contributed by atoms with van der Waals surface area (Å²) in [5.41, 5.74) is -0.757. The van der Waals surface area contributed by atoms with Gasteiger partial charge in [0.25, 0.3) is 0 Å². The van der Waals surface area contributed by atoms with Crippen LogP contribution in [0.4, 0.5) is 0 Å². The first kappa shape index (κ1) is 19.5. The Morgan fingerprint density at radius 3 is 2.21 bits per heavy atom. The predicted octanol–water partition coefficient (Wildman–Crippen LogP) is 1.64. The summed E-state index contributed by atoms with van der Waals surface area (Å²) < 4.78 is 5.47. The van der Waals surface area contributed by atoms with E-state index < -0.39 is 5.97 Å². The Balaban J connectivity index is 2.77. The highest BCUT2D eigenvalue weighted by molar-refractivity contribution is 5.68. The lowest BCUT2D eigenvalue weighted by atomic mass is 9.80. The highest BCUT2D eigenvalue weighted by Gasteiger charge is 2.47. The number of nitrogens with zero attached hydrogens (tertiary/aromatic N) is 1. The van der Waals surface area contributed by atoms with E-state index in [1.807, 2.05) is 32.8 Å². The number of terminal acetylenes is 1. The third-order valence-electron chi connectivity index (χ3n) is 3.51. The van der Waals surface area contributed by atoms with Crippen LogP contribution in [0.2, 0.25) is 0 Å². The third kappa shape index (κ3) is 5.91. The average Bonchev–Trinajstić information content (AvgIpc) is 2.45. The molecule has 0 amide bonds. The van der Waals surface area contributed by atoms with Gasteiger partial charge in [0, 0.05) is 17.8 Å². The number of carboxylic acids is 1. The maximum atomic E-state index is 10.7. The zero-order chi connectivity index (χ0) is 18.2. The number of rotatable bonds is 4. The zero-order valence-corrected chi connectivity index (χ0v) is 14.4. The number of carbonyl (C=O) groups is 1. The van der Waals surface area contributed by atoms with E-state index in [9.17, 15) is 4.79 Å². The number of hydrogen-bond donors (Lipinski definition) is 1. The standard InChI is InChI=1S/C19H21NO4/c1-6-7-8-9-10-11-12-24-20-18(2,3)13-16(14-19(20,4)5)23-15-17(21)22/h1,16H,13-15H2,2-5H3,(H,21,22). The first-order valence-electron chi connectivity index (χ1n) is 7.45. The molecule has 0 spiro atoms. The fourth-order valence-corrected chi connectivity index (χ4v) is 2.95. The van der Waals surface area contributed by atoms with Crippen LogP contribution in [-0.4, -0.2) is 39.9 Å². The molecule has 0 aromatic rings. The molecular formula is C19H21NO4. The topological polar surface area (TPSA) is 59.0 Å². The molecule has 1 aliphatic rings. The summed E-state index contributed by atoms with van der Waals surface area (Å²) in [5, 5.41) is 10.6. The van der Waals surface area contributed by atoms with Crippen LogP contribution in [0.25, 0.3) is 0 Å². The zero-order valence-electron chi connectivity index (χ0n) is 14.4. The molecule has 0 saturated carbocycles. The van der Waals surface area contributed by atoms with Crippen molar-refractivity contribution in [2.45, 2.75) is 57.7 Å². The molecule has 1 rings (SSSR count). The van der Waals surface area contributed by atoms with Gasteiger partial charge in [0.1, 0.15) is 6.61 Å². The van der Waals surface area contributed by atoms with Crippen molar-refractivity contribution in [1.29, 1.82) is 0 Å². The van der Waals surface area contributed by atoms with Crippen molar-refractivity contribution in [1.82, 2.24) is 5.06 Å². The molecule has 0 aromatic heterocycles. The Hall–Kier alpha value is -2.57. The second-order valence-corrected chi connectivity index (χ2v) is 6.62. The van der Waals surface area contributed by atoms with Crippen molar-refractivity contribution < 1.29 is 19.5 Å². The van der Waals surface area contributed by atoms with E-state index in [2.05, 4.69) is 41.6 Å². The van der Waals surface area contributed by atoms with E-state index in [-0.39, 0.29) is 23.8 Å². The molecule has 1 fully saturated rings. The molecule has 5 nitrogen and oxygen atoms in total. The van der Waals surface area contributed by atoms with Gasteiger partial charge in [-0.3, -0.25) is 0 Å². The monoisotopic (exact) mass is 327 g/mol. The minimum Gasteiger partial charge on any atom is -0.480 e. The van der Waals surface area contributed by atoms with Crippen LogP contribution in [0.3, 0.4) is 0 Å². The smallest absolute Gasteiger partial charge is 0.329 e. The van der Waals surface area contributed by atoms with Crippen molar-refractivity contribution in [3.63, 3.8) is 0 Å². The molecule has 0 aromatic carbocycles. The molecule has 0 bridgehead atoms. The number of hydroxylamine groups is 2. The Bertz CT molecular complexity index is 677. The highest BCUT2D eigenvalue weighted by atomic mass is 16.7. The first-order valence-corrected chi connectivity index (χ1v) is 7.45. The molecule has 0 radical (unpaired) electrons. The molecular weight excluding hydrogens is 306 g/mol. The number of aliphatic carboxylic acids is 1. The fourth-order valence-electron chi connectivity index (χ4n) is 2.95. The summed E-state index contributed by atoms with van der Waals surface area (Å²) in [6, 6.07) is 0. The van der Waals surface area contributed by atoms with Gasteiger partial charge in [-0.25, -0.2) is 4.79 Å². The SMILES string of the molecule is C#CC#CC#CC#CON1C(C)(C)CC(OCC(=O)O)CC1(C)C. The fraction of sp³-hybridized carbons (Fsp3) is 0.526. The number of piperidine rings is 1. The van der Waals surface area contributed by atoms with Crippen molar-refractivity contribution in [3.8, 4) is 48.1 Å². The summed E-state index contributed by atoms with van der Waals surface area (Å²) in [7, 11) is 0. The molecule has 1 heterocycles. The van der Waals surface area contributed by atoms with Gasteiger partial charge >= 0.3 is 5.97 Å². The van der Waals surface area contributed by atoms with E-state index in [0.717, 1.165) is 0 Å². The largest absolute Gasteiger partial charge is 0.480 e. The quantitative estimate of drug-likeness (QED) is 0.796. The molecule has 1 aliphatic heterocycles. The molecule has 24 heavy (non-hydrogen) atoms. The summed E-state index contributed by atoms with van der Waals surface area (Å²) >= 11 is 0. The molecule has 0 atom stereocenters. The van der Waals surface area contributed by atoms with Crippen LogP contribution in [0.15, 0.2) is 0 Å². The molecule has 1 saturated heterocycles. The van der Waals surface area contributed by atoms with E-state index in [1.54, 1.807) is 0 Å². The molecule has 1 N–H and O–H groups in total. The van der Waals surface area contributed by atoms with Crippen LogP contribution in [0, 0.1) is 48.1 Å². The minimum atomic E-state index is -0.971. The number of ether oxygens (including phenoxy) is 1. The van der Waals surface area contributed by atoms with Crippen molar-refractivity contribution in [3.05, 3.63) is 0 Å². The van der Waals surface area contributed by atoms with Gasteiger partial charge in [-0.05, 0) is 58.3 Å². The van der Waals surface area contributed by atoms with E-state index >= 15 is 0 Å². The Kier molecular flexibility index (Phi) is 6.76. The van der Waals surface area contributed by atoms with E-state index in [1.165, 1.54) is 0 Å². The van der Waals surface area contributed by atoms with Crippen molar-refractivity contribution >= 4 is 5.97 Å². The van der Waals surface area contributed by atoms with Crippen LogP contribution in [0.5, 0.6) is 0 Å². The Labute approximate surface area is 143 Å². The number of hydrogen-bond acceptors (Lipinski definition) is 4. The van der Waals surface area contributed by atoms with Gasteiger partial charge in [0.2, 0.25) is 0 Å². The van der Waals surface area contributed by atoms with Crippen molar-refractivity contribution in [2.24, 2.45) is 0 Å². The Morgan fingerprint density at radius 2 is 1.67 bits per heavy atom. The predicted molar refractivity (Wildman–Crippen MR) is 89.9 cm³/mol. The van der Waals surface area contributed by atoms with E-state index in [0.29, 0.717) is 12.8 Å². The van der Waals surface area contributed by atoms with Gasteiger partial charge in [-0.15, -0.1) is 11.5 Å². The summed E-state index contributed by atoms with van der Waals surface area (Å²) in [5.74, 6) is 13.6.